The van der Waals surface area contributed by atoms with Crippen LogP contribution in [0.5, 0.6) is 0 Å². The minimum absolute atomic E-state index is 0.549. The van der Waals surface area contributed by atoms with Crippen LogP contribution in [0.3, 0.4) is 0 Å². The molecule has 0 bridgehead atoms. The second-order valence-electron chi connectivity index (χ2n) is 3.51. The van der Waals surface area contributed by atoms with Gasteiger partial charge in [-0.2, -0.15) is 5.10 Å². The van der Waals surface area contributed by atoms with Crippen molar-refractivity contribution in [2.75, 3.05) is 0 Å². The minimum Gasteiger partial charge on any atom is -0.272 e. The largest absolute Gasteiger partial charge is 0.272 e. The summed E-state index contributed by atoms with van der Waals surface area (Å²) in [4.78, 5) is 0. The van der Waals surface area contributed by atoms with E-state index >= 15 is 0 Å². The molecule has 0 saturated heterocycles. The second kappa shape index (κ2) is 4.29. The summed E-state index contributed by atoms with van der Waals surface area (Å²) in [6.07, 6.45) is 4.53. The number of aromatic nitrogens is 2. The minimum atomic E-state index is 0.549. The van der Waals surface area contributed by atoms with Crippen LogP contribution in [0.4, 0.5) is 0 Å². The molecule has 1 aromatic rings. The summed E-state index contributed by atoms with van der Waals surface area (Å²) in [6.45, 7) is 7.61. The monoisotopic (exact) mass is 166 g/mol. The van der Waals surface area contributed by atoms with Gasteiger partial charge in [-0.25, -0.2) is 0 Å². The highest BCUT2D eigenvalue weighted by Gasteiger charge is 2.01. The topological polar surface area (TPSA) is 17.8 Å². The molecule has 2 heteroatoms. The van der Waals surface area contributed by atoms with Crippen molar-refractivity contribution in [2.45, 2.75) is 46.1 Å². The lowest BCUT2D eigenvalue weighted by Crippen LogP contribution is -1.99. The standard InChI is InChI=1S/C10H18N2/c1-4-5-7-12-8-6-10(11-12)9(2)3/h6,8-9H,4-5,7H2,1-3H3. The van der Waals surface area contributed by atoms with E-state index in [4.69, 9.17) is 0 Å². The van der Waals surface area contributed by atoms with Crippen LogP contribution in [0.1, 0.15) is 45.2 Å². The van der Waals surface area contributed by atoms with Crippen molar-refractivity contribution >= 4 is 0 Å². The number of hydrogen-bond donors (Lipinski definition) is 0. The summed E-state index contributed by atoms with van der Waals surface area (Å²) in [5, 5.41) is 4.46. The normalized spacial score (nSPS) is 11.0. The van der Waals surface area contributed by atoms with E-state index in [2.05, 4.69) is 38.1 Å². The Hall–Kier alpha value is -0.790. The molecule has 0 aliphatic heterocycles. The molecular weight excluding hydrogens is 148 g/mol. The third-order valence-corrected chi connectivity index (χ3v) is 1.99. The highest BCUT2D eigenvalue weighted by atomic mass is 15.3. The van der Waals surface area contributed by atoms with Crippen molar-refractivity contribution < 1.29 is 0 Å². The summed E-state index contributed by atoms with van der Waals surface area (Å²) in [7, 11) is 0. The number of aryl methyl sites for hydroxylation is 1. The highest BCUT2D eigenvalue weighted by molar-refractivity contribution is 5.03. The molecule has 12 heavy (non-hydrogen) atoms. The van der Waals surface area contributed by atoms with E-state index in [-0.39, 0.29) is 0 Å². The van der Waals surface area contributed by atoms with Gasteiger partial charge in [0, 0.05) is 12.7 Å². The summed E-state index contributed by atoms with van der Waals surface area (Å²) in [5.41, 5.74) is 1.20. The van der Waals surface area contributed by atoms with Crippen LogP contribution < -0.4 is 0 Å². The molecule has 0 amide bonds. The fraction of sp³-hybridized carbons (Fsp3) is 0.700. The van der Waals surface area contributed by atoms with Gasteiger partial charge in [0.2, 0.25) is 0 Å². The Labute approximate surface area is 74.6 Å². The molecule has 1 rings (SSSR count). The van der Waals surface area contributed by atoms with Crippen LogP contribution in [0, 0.1) is 0 Å². The van der Waals surface area contributed by atoms with E-state index in [9.17, 15) is 0 Å². The van der Waals surface area contributed by atoms with Gasteiger partial charge in [0.05, 0.1) is 5.69 Å². The lowest BCUT2D eigenvalue weighted by Gasteiger charge is -2.00. The molecule has 68 valence electrons. The fourth-order valence-electron chi connectivity index (χ4n) is 1.13. The van der Waals surface area contributed by atoms with E-state index in [0.717, 1.165) is 6.54 Å². The van der Waals surface area contributed by atoms with E-state index in [0.29, 0.717) is 5.92 Å². The Balaban J connectivity index is 2.52. The molecule has 0 saturated carbocycles. The van der Waals surface area contributed by atoms with Crippen LogP contribution in [0.25, 0.3) is 0 Å². The summed E-state index contributed by atoms with van der Waals surface area (Å²) < 4.78 is 2.04. The molecular formula is C10H18N2. The third kappa shape index (κ3) is 2.36. The zero-order chi connectivity index (χ0) is 8.97. The third-order valence-electron chi connectivity index (χ3n) is 1.99. The first-order valence-electron chi connectivity index (χ1n) is 4.77. The Morgan fingerprint density at radius 1 is 1.50 bits per heavy atom. The van der Waals surface area contributed by atoms with Gasteiger partial charge in [-0.1, -0.05) is 27.2 Å². The molecule has 0 N–H and O–H groups in total. The van der Waals surface area contributed by atoms with Crippen LogP contribution in [-0.2, 0) is 6.54 Å². The lowest BCUT2D eigenvalue weighted by molar-refractivity contribution is 0.561. The van der Waals surface area contributed by atoms with Crippen molar-refractivity contribution in [3.63, 3.8) is 0 Å². The molecule has 0 aliphatic carbocycles. The predicted molar refractivity (Wildman–Crippen MR) is 51.2 cm³/mol. The zero-order valence-electron chi connectivity index (χ0n) is 8.25. The Kier molecular flexibility index (Phi) is 3.32. The number of unbranched alkanes of at least 4 members (excludes halogenated alkanes) is 1. The Bertz CT molecular complexity index is 225. The van der Waals surface area contributed by atoms with Gasteiger partial charge in [-0.15, -0.1) is 0 Å². The molecule has 0 unspecified atom stereocenters. The van der Waals surface area contributed by atoms with Gasteiger partial charge in [0.15, 0.2) is 0 Å². The maximum absolute atomic E-state index is 4.46. The maximum atomic E-state index is 4.46. The summed E-state index contributed by atoms with van der Waals surface area (Å²) in [5.74, 6) is 0.549. The maximum Gasteiger partial charge on any atom is 0.0649 e. The van der Waals surface area contributed by atoms with Crippen molar-refractivity contribution in [2.24, 2.45) is 0 Å². The molecule has 0 aliphatic rings. The van der Waals surface area contributed by atoms with Crippen molar-refractivity contribution in [1.82, 2.24) is 9.78 Å². The van der Waals surface area contributed by atoms with Gasteiger partial charge < -0.3 is 0 Å². The van der Waals surface area contributed by atoms with E-state index in [1.54, 1.807) is 0 Å². The molecule has 0 aromatic carbocycles. The van der Waals surface area contributed by atoms with Gasteiger partial charge in [-0.3, -0.25) is 4.68 Å². The Morgan fingerprint density at radius 3 is 2.75 bits per heavy atom. The predicted octanol–water partition coefficient (Wildman–Crippen LogP) is 2.81. The average molecular weight is 166 g/mol. The lowest BCUT2D eigenvalue weighted by atomic mass is 10.1. The number of nitrogens with zero attached hydrogens (tertiary/aromatic N) is 2. The molecule has 1 aromatic heterocycles. The van der Waals surface area contributed by atoms with Crippen molar-refractivity contribution in [1.29, 1.82) is 0 Å². The Morgan fingerprint density at radius 2 is 2.25 bits per heavy atom. The molecule has 0 spiro atoms. The first-order chi connectivity index (χ1) is 5.74. The molecule has 2 nitrogen and oxygen atoms in total. The highest BCUT2D eigenvalue weighted by Crippen LogP contribution is 2.10. The average Bonchev–Trinajstić information content (AvgIpc) is 2.48. The van der Waals surface area contributed by atoms with Crippen LogP contribution in [0.2, 0.25) is 0 Å². The number of rotatable bonds is 4. The quantitative estimate of drug-likeness (QED) is 0.672. The fourth-order valence-corrected chi connectivity index (χ4v) is 1.13. The SMILES string of the molecule is CCCCn1ccc(C(C)C)n1. The van der Waals surface area contributed by atoms with Gasteiger partial charge in [-0.05, 0) is 18.4 Å². The smallest absolute Gasteiger partial charge is 0.0649 e. The number of hydrogen-bond acceptors (Lipinski definition) is 1. The van der Waals surface area contributed by atoms with Gasteiger partial charge >= 0.3 is 0 Å². The summed E-state index contributed by atoms with van der Waals surface area (Å²) in [6, 6.07) is 2.11. The zero-order valence-corrected chi connectivity index (χ0v) is 8.25. The molecule has 0 atom stereocenters. The molecule has 1 heterocycles. The van der Waals surface area contributed by atoms with E-state index in [1.807, 2.05) is 4.68 Å². The molecule has 0 radical (unpaired) electrons. The summed E-state index contributed by atoms with van der Waals surface area (Å²) >= 11 is 0. The van der Waals surface area contributed by atoms with Crippen LogP contribution >= 0.6 is 0 Å². The van der Waals surface area contributed by atoms with E-state index in [1.165, 1.54) is 18.5 Å². The van der Waals surface area contributed by atoms with E-state index < -0.39 is 0 Å². The van der Waals surface area contributed by atoms with Gasteiger partial charge in [0.1, 0.15) is 0 Å². The first kappa shape index (κ1) is 9.30. The molecule has 0 fully saturated rings. The van der Waals surface area contributed by atoms with Crippen LogP contribution in [-0.4, -0.2) is 9.78 Å². The van der Waals surface area contributed by atoms with Crippen molar-refractivity contribution in [3.05, 3.63) is 18.0 Å². The van der Waals surface area contributed by atoms with Crippen LogP contribution in [0.15, 0.2) is 12.3 Å². The first-order valence-corrected chi connectivity index (χ1v) is 4.77. The second-order valence-corrected chi connectivity index (χ2v) is 3.51. The van der Waals surface area contributed by atoms with Crippen molar-refractivity contribution in [3.8, 4) is 0 Å². The van der Waals surface area contributed by atoms with Gasteiger partial charge in [0.25, 0.3) is 0 Å².